The van der Waals surface area contributed by atoms with Gasteiger partial charge in [0.25, 0.3) is 0 Å². The first-order valence-corrected chi connectivity index (χ1v) is 8.30. The lowest BCUT2D eigenvalue weighted by Crippen LogP contribution is -2.08. The van der Waals surface area contributed by atoms with E-state index >= 15 is 0 Å². The van der Waals surface area contributed by atoms with Crippen LogP contribution in [0.15, 0.2) is 18.2 Å². The van der Waals surface area contributed by atoms with E-state index in [4.69, 9.17) is 4.74 Å². The van der Waals surface area contributed by atoms with Crippen LogP contribution in [-0.2, 0) is 6.42 Å². The molecule has 0 fully saturated rings. The number of ether oxygens (including phenoxy) is 1. The van der Waals surface area contributed by atoms with Gasteiger partial charge in [-0.2, -0.15) is 0 Å². The van der Waals surface area contributed by atoms with Crippen molar-refractivity contribution in [2.24, 2.45) is 0 Å². The maximum absolute atomic E-state index is 12.4. The molecule has 114 valence electrons. The minimum Gasteiger partial charge on any atom is -0.496 e. The molecule has 2 aromatic carbocycles. The summed E-state index contributed by atoms with van der Waals surface area (Å²) in [5.41, 5.74) is 4.97. The van der Waals surface area contributed by atoms with Gasteiger partial charge in [0.2, 0.25) is 0 Å². The first-order chi connectivity index (χ1) is 10.6. The number of carbonyl (C=O) groups is 1. The molecule has 0 amide bonds. The SMILES string of the molecule is COc1cc2c3c4c(cc2cc1C(C)C)C(=O)C[C@H]4CCC3. The Kier molecular flexibility index (Phi) is 3.04. The van der Waals surface area contributed by atoms with Crippen molar-refractivity contribution >= 4 is 16.6 Å². The summed E-state index contributed by atoms with van der Waals surface area (Å²) in [4.78, 5) is 12.4. The molecule has 0 bridgehead atoms. The Morgan fingerprint density at radius 1 is 1.23 bits per heavy atom. The number of fused-ring (bicyclic) bond motifs is 2. The molecule has 0 aromatic heterocycles. The van der Waals surface area contributed by atoms with E-state index in [2.05, 4.69) is 32.0 Å². The van der Waals surface area contributed by atoms with E-state index in [1.54, 1.807) is 7.11 Å². The Bertz CT molecular complexity index is 786. The minimum atomic E-state index is 0.340. The summed E-state index contributed by atoms with van der Waals surface area (Å²) >= 11 is 0. The van der Waals surface area contributed by atoms with Crippen LogP contribution in [0.3, 0.4) is 0 Å². The molecule has 0 saturated carbocycles. The molecule has 0 radical (unpaired) electrons. The highest BCUT2D eigenvalue weighted by atomic mass is 16.5. The van der Waals surface area contributed by atoms with E-state index < -0.39 is 0 Å². The van der Waals surface area contributed by atoms with Crippen molar-refractivity contribution in [1.29, 1.82) is 0 Å². The highest BCUT2D eigenvalue weighted by molar-refractivity contribution is 6.06. The van der Waals surface area contributed by atoms with Crippen molar-refractivity contribution in [3.63, 3.8) is 0 Å². The fraction of sp³-hybridized carbons (Fsp3) is 0.450. The van der Waals surface area contributed by atoms with Gasteiger partial charge >= 0.3 is 0 Å². The molecule has 0 aliphatic heterocycles. The molecule has 0 unspecified atom stereocenters. The van der Waals surface area contributed by atoms with Gasteiger partial charge in [0.1, 0.15) is 5.75 Å². The van der Waals surface area contributed by atoms with E-state index in [1.807, 2.05) is 0 Å². The Hall–Kier alpha value is -1.83. The van der Waals surface area contributed by atoms with Crippen LogP contribution >= 0.6 is 0 Å². The highest BCUT2D eigenvalue weighted by Crippen LogP contribution is 2.46. The average Bonchev–Trinajstić information content (AvgIpc) is 2.83. The normalized spacial score (nSPS) is 19.8. The highest BCUT2D eigenvalue weighted by Gasteiger charge is 2.34. The second kappa shape index (κ2) is 4.84. The molecule has 0 N–H and O–H groups in total. The fourth-order valence-corrected chi connectivity index (χ4v) is 4.34. The maximum Gasteiger partial charge on any atom is 0.163 e. The Balaban J connectivity index is 2.06. The fourth-order valence-electron chi connectivity index (χ4n) is 4.34. The van der Waals surface area contributed by atoms with Crippen LogP contribution in [0.1, 0.15) is 72.0 Å². The summed E-state index contributed by atoms with van der Waals surface area (Å²) in [5, 5.41) is 2.49. The minimum absolute atomic E-state index is 0.340. The molecule has 2 aliphatic rings. The van der Waals surface area contributed by atoms with Gasteiger partial charge in [-0.15, -0.1) is 0 Å². The van der Waals surface area contributed by atoms with Gasteiger partial charge in [-0.1, -0.05) is 13.8 Å². The van der Waals surface area contributed by atoms with Gasteiger partial charge < -0.3 is 4.74 Å². The molecular formula is C20H22O2. The standard InChI is InChI=1S/C20H22O2/c1-11(2)15-7-13-8-17-18(21)9-12-5-4-6-14(20(12)17)16(13)10-19(15)22-3/h7-8,10-12H,4-6,9H2,1-3H3/t12-/m1/s1. The summed E-state index contributed by atoms with van der Waals surface area (Å²) in [5.74, 6) is 2.19. The lowest BCUT2D eigenvalue weighted by Gasteiger charge is -2.24. The van der Waals surface area contributed by atoms with Gasteiger partial charge in [-0.3, -0.25) is 4.79 Å². The molecule has 1 atom stereocenters. The number of hydrogen-bond donors (Lipinski definition) is 0. The van der Waals surface area contributed by atoms with Gasteiger partial charge in [0, 0.05) is 12.0 Å². The summed E-state index contributed by atoms with van der Waals surface area (Å²) in [6.07, 6.45) is 4.16. The predicted octanol–water partition coefficient (Wildman–Crippen LogP) is 4.98. The number of ketones is 1. The number of methoxy groups -OCH3 is 1. The molecule has 4 rings (SSSR count). The zero-order valence-electron chi connectivity index (χ0n) is 13.5. The second-order valence-corrected chi connectivity index (χ2v) is 7.00. The molecule has 2 heteroatoms. The van der Waals surface area contributed by atoms with Gasteiger partial charge in [-0.25, -0.2) is 0 Å². The van der Waals surface area contributed by atoms with Crippen molar-refractivity contribution in [1.82, 2.24) is 0 Å². The Morgan fingerprint density at radius 3 is 2.77 bits per heavy atom. The third kappa shape index (κ3) is 1.83. The second-order valence-electron chi connectivity index (χ2n) is 7.00. The van der Waals surface area contributed by atoms with Crippen LogP contribution < -0.4 is 4.74 Å². The third-order valence-corrected chi connectivity index (χ3v) is 5.38. The number of benzene rings is 2. The van der Waals surface area contributed by atoms with Gasteiger partial charge in [-0.05, 0) is 76.8 Å². The summed E-state index contributed by atoms with van der Waals surface area (Å²) < 4.78 is 5.63. The maximum atomic E-state index is 12.4. The topological polar surface area (TPSA) is 26.3 Å². The average molecular weight is 294 g/mol. The van der Waals surface area contributed by atoms with Crippen LogP contribution in [-0.4, -0.2) is 12.9 Å². The van der Waals surface area contributed by atoms with Gasteiger partial charge in [0.05, 0.1) is 7.11 Å². The number of aryl methyl sites for hydroxylation is 1. The quantitative estimate of drug-likeness (QED) is 0.781. The molecule has 2 aromatic rings. The van der Waals surface area contributed by atoms with E-state index in [9.17, 15) is 4.79 Å². The molecule has 0 heterocycles. The molecular weight excluding hydrogens is 272 g/mol. The van der Waals surface area contributed by atoms with Crippen molar-refractivity contribution < 1.29 is 9.53 Å². The monoisotopic (exact) mass is 294 g/mol. The number of hydrogen-bond acceptors (Lipinski definition) is 2. The van der Waals surface area contributed by atoms with Crippen molar-refractivity contribution in [2.45, 2.75) is 51.4 Å². The third-order valence-electron chi connectivity index (χ3n) is 5.38. The zero-order valence-corrected chi connectivity index (χ0v) is 13.5. The number of carbonyl (C=O) groups excluding carboxylic acids is 1. The molecule has 0 spiro atoms. The lowest BCUT2D eigenvalue weighted by atomic mass is 9.81. The van der Waals surface area contributed by atoms with Crippen LogP contribution in [0.5, 0.6) is 5.75 Å². The van der Waals surface area contributed by atoms with Crippen LogP contribution in [0.25, 0.3) is 10.8 Å². The zero-order chi connectivity index (χ0) is 15.4. The first-order valence-electron chi connectivity index (χ1n) is 8.30. The molecule has 2 aliphatic carbocycles. The van der Waals surface area contributed by atoms with E-state index in [0.29, 0.717) is 24.0 Å². The van der Waals surface area contributed by atoms with Crippen molar-refractivity contribution in [3.8, 4) is 5.75 Å². The largest absolute Gasteiger partial charge is 0.496 e. The predicted molar refractivity (Wildman–Crippen MR) is 89.2 cm³/mol. The number of Topliss-reactive ketones (excluding diaryl/α,β-unsaturated/α-hetero) is 1. The molecule has 22 heavy (non-hydrogen) atoms. The Morgan fingerprint density at radius 2 is 2.05 bits per heavy atom. The van der Waals surface area contributed by atoms with E-state index in [1.165, 1.54) is 40.3 Å². The van der Waals surface area contributed by atoms with Crippen LogP contribution in [0, 0.1) is 0 Å². The van der Waals surface area contributed by atoms with Gasteiger partial charge in [0.15, 0.2) is 5.78 Å². The van der Waals surface area contributed by atoms with E-state index in [0.717, 1.165) is 17.7 Å². The smallest absolute Gasteiger partial charge is 0.163 e. The van der Waals surface area contributed by atoms with E-state index in [-0.39, 0.29) is 0 Å². The van der Waals surface area contributed by atoms with Crippen molar-refractivity contribution in [2.75, 3.05) is 7.11 Å². The molecule has 0 saturated heterocycles. The number of rotatable bonds is 2. The first kappa shape index (κ1) is 13.8. The Labute approximate surface area is 131 Å². The summed E-state index contributed by atoms with van der Waals surface area (Å²) in [7, 11) is 1.75. The van der Waals surface area contributed by atoms with Crippen LogP contribution in [0.4, 0.5) is 0 Å². The van der Waals surface area contributed by atoms with Crippen LogP contribution in [0.2, 0.25) is 0 Å². The summed E-state index contributed by atoms with van der Waals surface area (Å²) in [6, 6.07) is 6.56. The van der Waals surface area contributed by atoms with Crippen molar-refractivity contribution in [3.05, 3.63) is 40.5 Å². The lowest BCUT2D eigenvalue weighted by molar-refractivity contribution is 0.0988. The summed E-state index contributed by atoms with van der Waals surface area (Å²) in [6.45, 7) is 4.37. The molecule has 2 nitrogen and oxygen atoms in total.